The molecule has 1 fully saturated rings. The normalized spacial score (nSPS) is 19.0. The van der Waals surface area contributed by atoms with Crippen molar-refractivity contribution in [1.29, 1.82) is 0 Å². The summed E-state index contributed by atoms with van der Waals surface area (Å²) >= 11 is 0. The lowest BCUT2D eigenvalue weighted by atomic mass is 10.1. The van der Waals surface area contributed by atoms with Gasteiger partial charge in [-0.1, -0.05) is 6.07 Å². The van der Waals surface area contributed by atoms with E-state index in [1.54, 1.807) is 17.3 Å². The summed E-state index contributed by atoms with van der Waals surface area (Å²) in [7, 11) is -3.41. The third-order valence-electron chi connectivity index (χ3n) is 5.25. The van der Waals surface area contributed by atoms with E-state index in [2.05, 4.69) is 15.1 Å². The molecule has 7 nitrogen and oxygen atoms in total. The van der Waals surface area contributed by atoms with Crippen LogP contribution < -0.4 is 0 Å². The molecule has 0 spiro atoms. The topological polar surface area (TPSA) is 79.5 Å². The molecule has 1 aromatic heterocycles. The molecular weight excluding hydrogens is 352 g/mol. The van der Waals surface area contributed by atoms with Crippen LogP contribution >= 0.6 is 0 Å². The van der Waals surface area contributed by atoms with Gasteiger partial charge in [-0.2, -0.15) is 4.31 Å². The first-order chi connectivity index (χ1) is 12.5. The maximum absolute atomic E-state index is 13.0. The molecule has 0 N–H and O–H groups in total. The second kappa shape index (κ2) is 7.09. The van der Waals surface area contributed by atoms with Gasteiger partial charge in [0.2, 0.25) is 21.8 Å². The van der Waals surface area contributed by atoms with Crippen LogP contribution in [0.1, 0.15) is 29.3 Å². The van der Waals surface area contributed by atoms with Crippen molar-refractivity contribution >= 4 is 10.0 Å². The van der Waals surface area contributed by atoms with Crippen molar-refractivity contribution in [1.82, 2.24) is 19.4 Å². The Kier molecular flexibility index (Phi) is 4.81. The first kappa shape index (κ1) is 17.6. The van der Waals surface area contributed by atoms with Gasteiger partial charge in [-0.25, -0.2) is 8.42 Å². The highest BCUT2D eigenvalue weighted by molar-refractivity contribution is 7.89. The van der Waals surface area contributed by atoms with E-state index in [-0.39, 0.29) is 0 Å². The van der Waals surface area contributed by atoms with Crippen LogP contribution in [-0.4, -0.2) is 60.5 Å². The molecule has 2 aliphatic rings. The Morgan fingerprint density at radius 3 is 2.58 bits per heavy atom. The zero-order valence-corrected chi connectivity index (χ0v) is 15.8. The third kappa shape index (κ3) is 3.54. The average molecular weight is 376 g/mol. The van der Waals surface area contributed by atoms with Gasteiger partial charge in [0.1, 0.15) is 0 Å². The Balaban J connectivity index is 1.36. The molecule has 26 heavy (non-hydrogen) atoms. The summed E-state index contributed by atoms with van der Waals surface area (Å²) in [5.74, 6) is 1.21. The van der Waals surface area contributed by atoms with Gasteiger partial charge in [-0.05, 0) is 42.5 Å². The highest BCUT2D eigenvalue weighted by atomic mass is 32.2. The van der Waals surface area contributed by atoms with E-state index in [9.17, 15) is 8.42 Å². The van der Waals surface area contributed by atoms with E-state index in [0.29, 0.717) is 36.2 Å². The maximum atomic E-state index is 13.0. The van der Waals surface area contributed by atoms with Crippen molar-refractivity contribution in [3.05, 3.63) is 41.1 Å². The Labute approximate surface area is 154 Å². The van der Waals surface area contributed by atoms with Crippen LogP contribution in [0, 0.1) is 6.92 Å². The Hall–Kier alpha value is -1.77. The number of aryl methyl sites for hydroxylation is 3. The molecule has 0 bridgehead atoms. The maximum Gasteiger partial charge on any atom is 0.243 e. The van der Waals surface area contributed by atoms with Gasteiger partial charge in [0.25, 0.3) is 0 Å². The minimum absolute atomic E-state index is 0.438. The minimum atomic E-state index is -3.41. The number of hydrogen-bond acceptors (Lipinski definition) is 6. The minimum Gasteiger partial charge on any atom is -0.426 e. The van der Waals surface area contributed by atoms with Crippen LogP contribution in [0.5, 0.6) is 0 Å². The molecule has 140 valence electrons. The van der Waals surface area contributed by atoms with Gasteiger partial charge in [0.05, 0.1) is 4.90 Å². The Morgan fingerprint density at radius 1 is 1.08 bits per heavy atom. The van der Waals surface area contributed by atoms with E-state index < -0.39 is 10.0 Å². The smallest absolute Gasteiger partial charge is 0.243 e. The van der Waals surface area contributed by atoms with Crippen LogP contribution in [0.4, 0.5) is 0 Å². The zero-order valence-electron chi connectivity index (χ0n) is 15.0. The molecule has 2 aromatic rings. The summed E-state index contributed by atoms with van der Waals surface area (Å²) in [5, 5.41) is 7.83. The average Bonchev–Trinajstić information content (AvgIpc) is 3.28. The van der Waals surface area contributed by atoms with Crippen molar-refractivity contribution in [3.8, 4) is 0 Å². The first-order valence-electron chi connectivity index (χ1n) is 9.16. The molecule has 1 aromatic carbocycles. The quantitative estimate of drug-likeness (QED) is 0.785. The lowest BCUT2D eigenvalue weighted by molar-refractivity contribution is 0.186. The van der Waals surface area contributed by atoms with Crippen molar-refractivity contribution in [3.63, 3.8) is 0 Å². The first-order valence-corrected chi connectivity index (χ1v) is 10.6. The summed E-state index contributed by atoms with van der Waals surface area (Å²) in [6.45, 7) is 5.05. The highest BCUT2D eigenvalue weighted by Crippen LogP contribution is 2.26. The van der Waals surface area contributed by atoms with Crippen molar-refractivity contribution < 1.29 is 12.8 Å². The number of benzene rings is 1. The van der Waals surface area contributed by atoms with Gasteiger partial charge in [0, 0.05) is 46.1 Å². The molecule has 2 heterocycles. The number of aromatic nitrogens is 2. The van der Waals surface area contributed by atoms with Crippen LogP contribution in [0.2, 0.25) is 0 Å². The number of nitrogens with zero attached hydrogens (tertiary/aromatic N) is 4. The summed E-state index contributed by atoms with van der Waals surface area (Å²) in [6.07, 6.45) is 3.87. The van der Waals surface area contributed by atoms with Gasteiger partial charge in [-0.3, -0.25) is 0 Å². The van der Waals surface area contributed by atoms with E-state index in [1.807, 2.05) is 12.1 Å². The summed E-state index contributed by atoms with van der Waals surface area (Å²) in [4.78, 5) is 2.68. The van der Waals surface area contributed by atoms with E-state index in [4.69, 9.17) is 4.42 Å². The van der Waals surface area contributed by atoms with E-state index >= 15 is 0 Å². The Bertz CT molecular complexity index is 886. The van der Waals surface area contributed by atoms with Crippen LogP contribution in [0.25, 0.3) is 0 Å². The molecule has 1 saturated heterocycles. The molecule has 8 heteroatoms. The van der Waals surface area contributed by atoms with Gasteiger partial charge < -0.3 is 9.32 Å². The molecule has 0 atom stereocenters. The molecule has 4 rings (SSSR count). The fraction of sp³-hybridized carbons (Fsp3) is 0.556. The fourth-order valence-electron chi connectivity index (χ4n) is 3.74. The molecular formula is C18H24N4O3S. The van der Waals surface area contributed by atoms with Crippen molar-refractivity contribution in [2.45, 2.75) is 37.5 Å². The number of rotatable bonds is 5. The second-order valence-corrected chi connectivity index (χ2v) is 8.93. The molecule has 0 radical (unpaired) electrons. The highest BCUT2D eigenvalue weighted by Gasteiger charge is 2.29. The predicted molar refractivity (Wildman–Crippen MR) is 96.4 cm³/mol. The number of hydrogen-bond donors (Lipinski definition) is 0. The standard InChI is InChI=1S/C18H24N4O3S/c1-14-19-20-18(25-14)7-8-21-9-11-22(12-10-21)26(23,24)17-6-5-15-3-2-4-16(15)13-17/h5-6,13H,2-4,7-12H2,1H3. The van der Waals surface area contributed by atoms with Crippen LogP contribution in [0.3, 0.4) is 0 Å². The molecule has 0 unspecified atom stereocenters. The van der Waals surface area contributed by atoms with E-state index in [0.717, 1.165) is 38.9 Å². The zero-order chi connectivity index (χ0) is 18.1. The molecule has 0 saturated carbocycles. The SMILES string of the molecule is Cc1nnc(CCN2CCN(S(=O)(=O)c3ccc4c(c3)CCC4)CC2)o1. The Morgan fingerprint density at radius 2 is 1.85 bits per heavy atom. The van der Waals surface area contributed by atoms with Crippen LogP contribution in [-0.2, 0) is 29.3 Å². The van der Waals surface area contributed by atoms with E-state index in [1.165, 1.54) is 11.1 Å². The van der Waals surface area contributed by atoms with Gasteiger partial charge in [-0.15, -0.1) is 10.2 Å². The number of sulfonamides is 1. The predicted octanol–water partition coefficient (Wildman–Crippen LogP) is 1.42. The molecule has 1 aliphatic heterocycles. The summed E-state index contributed by atoms with van der Waals surface area (Å²) in [5.41, 5.74) is 2.49. The third-order valence-corrected chi connectivity index (χ3v) is 7.14. The summed E-state index contributed by atoms with van der Waals surface area (Å²) < 4.78 is 32.9. The second-order valence-electron chi connectivity index (χ2n) is 6.99. The summed E-state index contributed by atoms with van der Waals surface area (Å²) in [6, 6.07) is 5.63. The fourth-order valence-corrected chi connectivity index (χ4v) is 5.22. The molecule has 1 aliphatic carbocycles. The van der Waals surface area contributed by atoms with Gasteiger partial charge >= 0.3 is 0 Å². The largest absolute Gasteiger partial charge is 0.426 e. The number of fused-ring (bicyclic) bond motifs is 1. The van der Waals surface area contributed by atoms with Crippen molar-refractivity contribution in [2.75, 3.05) is 32.7 Å². The van der Waals surface area contributed by atoms with Crippen LogP contribution in [0.15, 0.2) is 27.5 Å². The van der Waals surface area contributed by atoms with Gasteiger partial charge in [0.15, 0.2) is 0 Å². The van der Waals surface area contributed by atoms with Crippen molar-refractivity contribution in [2.24, 2.45) is 0 Å². The lowest BCUT2D eigenvalue weighted by Crippen LogP contribution is -2.49. The monoisotopic (exact) mass is 376 g/mol. The molecule has 0 amide bonds. The number of piperazine rings is 1. The lowest BCUT2D eigenvalue weighted by Gasteiger charge is -2.33.